The first-order valence-corrected chi connectivity index (χ1v) is 8.52. The van der Waals surface area contributed by atoms with Gasteiger partial charge < -0.3 is 10.1 Å². The van der Waals surface area contributed by atoms with E-state index in [1.54, 1.807) is 6.07 Å². The third kappa shape index (κ3) is 4.19. The van der Waals surface area contributed by atoms with Gasteiger partial charge >= 0.3 is 0 Å². The van der Waals surface area contributed by atoms with E-state index < -0.39 is 0 Å². The second kappa shape index (κ2) is 7.63. The van der Waals surface area contributed by atoms with Crippen LogP contribution in [0.25, 0.3) is 0 Å². The molecule has 1 aliphatic rings. The van der Waals surface area contributed by atoms with Crippen LogP contribution in [0.5, 0.6) is 5.75 Å². The van der Waals surface area contributed by atoms with Crippen LogP contribution >= 0.6 is 35.0 Å². The molecule has 1 aliphatic heterocycles. The van der Waals surface area contributed by atoms with Crippen molar-refractivity contribution >= 4 is 35.0 Å². The zero-order valence-corrected chi connectivity index (χ0v) is 13.3. The van der Waals surface area contributed by atoms with Crippen molar-refractivity contribution in [3.63, 3.8) is 0 Å². The molecule has 2 nitrogen and oxygen atoms in total. The van der Waals surface area contributed by atoms with E-state index in [4.69, 9.17) is 27.9 Å². The van der Waals surface area contributed by atoms with Gasteiger partial charge in [0, 0.05) is 18.2 Å². The number of ether oxygens (including phenoxy) is 1. The highest BCUT2D eigenvalue weighted by atomic mass is 35.5. The predicted molar refractivity (Wildman–Crippen MR) is 84.9 cm³/mol. The Morgan fingerprint density at radius 3 is 3.00 bits per heavy atom. The molecule has 0 spiro atoms. The third-order valence-corrected chi connectivity index (χ3v) is 5.08. The van der Waals surface area contributed by atoms with Crippen molar-refractivity contribution < 1.29 is 4.74 Å². The number of hydrogen-bond donors (Lipinski definition) is 1. The molecule has 0 aromatic heterocycles. The van der Waals surface area contributed by atoms with Gasteiger partial charge in [-0.1, -0.05) is 36.2 Å². The van der Waals surface area contributed by atoms with Gasteiger partial charge in [0.05, 0.1) is 5.02 Å². The van der Waals surface area contributed by atoms with E-state index in [2.05, 4.69) is 12.2 Å². The molecule has 19 heavy (non-hydrogen) atoms. The average molecular weight is 320 g/mol. The number of rotatable bonds is 6. The Labute approximate surface area is 129 Å². The van der Waals surface area contributed by atoms with E-state index in [9.17, 15) is 0 Å². The normalized spacial score (nSPS) is 20.5. The Morgan fingerprint density at radius 2 is 2.32 bits per heavy atom. The maximum Gasteiger partial charge on any atom is 0.139 e. The van der Waals surface area contributed by atoms with Crippen LogP contribution in [0, 0.1) is 5.92 Å². The second-order valence-corrected chi connectivity index (χ2v) is 6.72. The van der Waals surface area contributed by atoms with E-state index in [-0.39, 0.29) is 6.10 Å². The van der Waals surface area contributed by atoms with Crippen LogP contribution in [0.4, 0.5) is 0 Å². The van der Waals surface area contributed by atoms with Crippen LogP contribution in [-0.4, -0.2) is 30.7 Å². The lowest BCUT2D eigenvalue weighted by Gasteiger charge is -2.24. The first kappa shape index (κ1) is 15.3. The molecule has 2 atom stereocenters. The summed E-state index contributed by atoms with van der Waals surface area (Å²) in [6.07, 6.45) is 1.35. The lowest BCUT2D eigenvalue weighted by Crippen LogP contribution is -2.31. The minimum atomic E-state index is 0.191. The van der Waals surface area contributed by atoms with Crippen molar-refractivity contribution in [2.75, 3.05) is 24.6 Å². The maximum absolute atomic E-state index is 6.20. The molecule has 0 unspecified atom stereocenters. The summed E-state index contributed by atoms with van der Waals surface area (Å²) in [6, 6.07) is 5.55. The lowest BCUT2D eigenvalue weighted by atomic mass is 10.0. The van der Waals surface area contributed by atoms with Gasteiger partial charge in [-0.15, -0.1) is 0 Å². The summed E-state index contributed by atoms with van der Waals surface area (Å²) in [5.41, 5.74) is 0. The Bertz CT molecular complexity index is 410. The van der Waals surface area contributed by atoms with Crippen molar-refractivity contribution in [1.82, 2.24) is 5.32 Å². The SMILES string of the molecule is CCSC[C@@H](Oc1cccc(Cl)c1Cl)[C@H]1CCNC1. The predicted octanol–water partition coefficient (Wildman–Crippen LogP) is 4.10. The van der Waals surface area contributed by atoms with E-state index in [0.29, 0.717) is 21.7 Å². The second-order valence-electron chi connectivity index (χ2n) is 4.62. The summed E-state index contributed by atoms with van der Waals surface area (Å²) in [5.74, 6) is 3.34. The van der Waals surface area contributed by atoms with Crippen LogP contribution < -0.4 is 10.1 Å². The molecular formula is C14H19Cl2NOS. The monoisotopic (exact) mass is 319 g/mol. The summed E-state index contributed by atoms with van der Waals surface area (Å²) in [4.78, 5) is 0. The molecule has 2 rings (SSSR count). The molecule has 1 fully saturated rings. The summed E-state index contributed by atoms with van der Waals surface area (Å²) < 4.78 is 6.13. The van der Waals surface area contributed by atoms with Crippen LogP contribution in [0.15, 0.2) is 18.2 Å². The molecule has 1 heterocycles. The molecular weight excluding hydrogens is 301 g/mol. The van der Waals surface area contributed by atoms with Crippen molar-refractivity contribution in [3.8, 4) is 5.75 Å². The Balaban J connectivity index is 2.07. The Kier molecular flexibility index (Phi) is 6.14. The van der Waals surface area contributed by atoms with Crippen molar-refractivity contribution in [2.45, 2.75) is 19.4 Å². The Hall–Kier alpha value is -0.0900. The molecule has 0 saturated carbocycles. The third-order valence-electron chi connectivity index (χ3n) is 3.30. The number of benzene rings is 1. The molecule has 0 aliphatic carbocycles. The summed E-state index contributed by atoms with van der Waals surface area (Å²) in [6.45, 7) is 4.26. The minimum absolute atomic E-state index is 0.191. The Morgan fingerprint density at radius 1 is 1.47 bits per heavy atom. The molecule has 1 N–H and O–H groups in total. The fourth-order valence-corrected chi connectivity index (χ4v) is 3.38. The number of halogens is 2. The smallest absolute Gasteiger partial charge is 0.139 e. The molecule has 106 valence electrons. The summed E-state index contributed by atoms with van der Waals surface area (Å²) in [5, 5.41) is 4.45. The standard InChI is InChI=1S/C14H19Cl2NOS/c1-2-19-9-13(10-6-7-17-8-10)18-12-5-3-4-11(15)14(12)16/h3-5,10,13,17H,2,6-9H2,1H3/t10-,13+/m0/s1. The fraction of sp³-hybridized carbons (Fsp3) is 0.571. The van der Waals surface area contributed by atoms with Gasteiger partial charge in [0.15, 0.2) is 0 Å². The molecule has 5 heteroatoms. The molecule has 1 aromatic carbocycles. The zero-order valence-electron chi connectivity index (χ0n) is 11.0. The minimum Gasteiger partial charge on any atom is -0.488 e. The highest BCUT2D eigenvalue weighted by Gasteiger charge is 2.27. The molecule has 1 aromatic rings. The van der Waals surface area contributed by atoms with Crippen molar-refractivity contribution in [2.24, 2.45) is 5.92 Å². The largest absolute Gasteiger partial charge is 0.488 e. The van der Waals surface area contributed by atoms with Crippen molar-refractivity contribution in [3.05, 3.63) is 28.2 Å². The number of thioether (sulfide) groups is 1. The highest BCUT2D eigenvalue weighted by Crippen LogP contribution is 2.33. The lowest BCUT2D eigenvalue weighted by molar-refractivity contribution is 0.165. The first-order chi connectivity index (χ1) is 9.22. The molecule has 0 radical (unpaired) electrons. The van der Waals surface area contributed by atoms with Gasteiger partial charge in [-0.3, -0.25) is 0 Å². The van der Waals surface area contributed by atoms with E-state index in [1.807, 2.05) is 23.9 Å². The van der Waals surface area contributed by atoms with Crippen LogP contribution in [0.2, 0.25) is 10.0 Å². The van der Waals surface area contributed by atoms with Crippen LogP contribution in [0.3, 0.4) is 0 Å². The number of nitrogens with one attached hydrogen (secondary N) is 1. The fourth-order valence-electron chi connectivity index (χ4n) is 2.23. The molecule has 0 bridgehead atoms. The summed E-state index contributed by atoms with van der Waals surface area (Å²) >= 11 is 14.1. The van der Waals surface area contributed by atoms with E-state index in [0.717, 1.165) is 31.0 Å². The van der Waals surface area contributed by atoms with Gasteiger partial charge in [-0.05, 0) is 30.9 Å². The summed E-state index contributed by atoms with van der Waals surface area (Å²) in [7, 11) is 0. The maximum atomic E-state index is 6.20. The van der Waals surface area contributed by atoms with Gasteiger partial charge in [0.25, 0.3) is 0 Å². The van der Waals surface area contributed by atoms with Crippen molar-refractivity contribution in [1.29, 1.82) is 0 Å². The molecule has 1 saturated heterocycles. The topological polar surface area (TPSA) is 21.3 Å². The average Bonchev–Trinajstić information content (AvgIpc) is 2.93. The highest BCUT2D eigenvalue weighted by molar-refractivity contribution is 7.99. The number of hydrogen-bond acceptors (Lipinski definition) is 3. The quantitative estimate of drug-likeness (QED) is 0.852. The van der Waals surface area contributed by atoms with Gasteiger partial charge in [0.1, 0.15) is 16.9 Å². The zero-order chi connectivity index (χ0) is 13.7. The van der Waals surface area contributed by atoms with E-state index in [1.165, 1.54) is 0 Å². The first-order valence-electron chi connectivity index (χ1n) is 6.61. The van der Waals surface area contributed by atoms with Crippen LogP contribution in [-0.2, 0) is 0 Å². The van der Waals surface area contributed by atoms with Gasteiger partial charge in [-0.25, -0.2) is 0 Å². The van der Waals surface area contributed by atoms with Gasteiger partial charge in [0.2, 0.25) is 0 Å². The van der Waals surface area contributed by atoms with Gasteiger partial charge in [-0.2, -0.15) is 11.8 Å². The van der Waals surface area contributed by atoms with Crippen LogP contribution in [0.1, 0.15) is 13.3 Å². The molecule has 0 amide bonds. The van der Waals surface area contributed by atoms with E-state index >= 15 is 0 Å².